The van der Waals surface area contributed by atoms with E-state index in [4.69, 9.17) is 4.74 Å². The number of aromatic nitrogens is 2. The molecule has 164 valence electrons. The van der Waals surface area contributed by atoms with E-state index in [2.05, 4.69) is 44.5 Å². The maximum atomic E-state index is 12.3. The minimum absolute atomic E-state index is 0.0443. The summed E-state index contributed by atoms with van der Waals surface area (Å²) in [5, 5.41) is 2.94. The Morgan fingerprint density at radius 2 is 2.03 bits per heavy atom. The van der Waals surface area contributed by atoms with Gasteiger partial charge in [0.25, 0.3) is 0 Å². The lowest BCUT2D eigenvalue weighted by atomic mass is 10.0. The number of amides is 2. The average molecular weight is 442 g/mol. The highest BCUT2D eigenvalue weighted by Gasteiger charge is 2.30. The SMILES string of the molecule is CC(=O)N1CC(Oc2cc(CC(=O)NCSCN3CCc4ccccc4C3)ncn2)C1. The van der Waals surface area contributed by atoms with Crippen LogP contribution in [-0.4, -0.2) is 69.1 Å². The topological polar surface area (TPSA) is 87.7 Å². The number of thioether (sulfide) groups is 1. The number of carbonyl (C=O) groups is 2. The lowest BCUT2D eigenvalue weighted by molar-refractivity contribution is -0.137. The molecule has 0 saturated carbocycles. The van der Waals surface area contributed by atoms with E-state index in [1.165, 1.54) is 17.5 Å². The zero-order valence-corrected chi connectivity index (χ0v) is 18.4. The number of fused-ring (bicyclic) bond motifs is 1. The molecule has 1 aromatic heterocycles. The van der Waals surface area contributed by atoms with Gasteiger partial charge in [-0.05, 0) is 17.5 Å². The summed E-state index contributed by atoms with van der Waals surface area (Å²) in [6.45, 7) is 4.68. The van der Waals surface area contributed by atoms with Gasteiger partial charge in [0.15, 0.2) is 0 Å². The number of hydrogen-bond donors (Lipinski definition) is 1. The first-order chi connectivity index (χ1) is 15.1. The minimum Gasteiger partial charge on any atom is -0.470 e. The van der Waals surface area contributed by atoms with Gasteiger partial charge in [-0.1, -0.05) is 24.3 Å². The van der Waals surface area contributed by atoms with E-state index >= 15 is 0 Å². The van der Waals surface area contributed by atoms with Crippen LogP contribution in [-0.2, 0) is 29.0 Å². The fourth-order valence-corrected chi connectivity index (χ4v) is 4.51. The number of hydrogen-bond acceptors (Lipinski definition) is 7. The third-order valence-electron chi connectivity index (χ3n) is 5.48. The van der Waals surface area contributed by atoms with Crippen LogP contribution in [0.4, 0.5) is 0 Å². The highest BCUT2D eigenvalue weighted by molar-refractivity contribution is 7.99. The maximum absolute atomic E-state index is 12.3. The van der Waals surface area contributed by atoms with Gasteiger partial charge in [-0.15, -0.1) is 11.8 Å². The molecular formula is C22H27N5O3S. The van der Waals surface area contributed by atoms with E-state index in [9.17, 15) is 9.59 Å². The van der Waals surface area contributed by atoms with Crippen molar-refractivity contribution >= 4 is 23.6 Å². The molecule has 4 rings (SSSR count). The van der Waals surface area contributed by atoms with E-state index in [-0.39, 0.29) is 24.3 Å². The Morgan fingerprint density at radius 3 is 2.84 bits per heavy atom. The Kier molecular flexibility index (Phi) is 7.03. The quantitative estimate of drug-likeness (QED) is 0.490. The molecule has 1 saturated heterocycles. The molecular weight excluding hydrogens is 414 g/mol. The molecule has 0 aliphatic carbocycles. The molecule has 3 heterocycles. The molecule has 1 aromatic carbocycles. The van der Waals surface area contributed by atoms with Crippen LogP contribution in [0, 0.1) is 0 Å². The number of nitrogens with one attached hydrogen (secondary N) is 1. The molecule has 0 unspecified atom stereocenters. The Bertz CT molecular complexity index is 935. The summed E-state index contributed by atoms with van der Waals surface area (Å²) in [7, 11) is 0. The normalized spacial score (nSPS) is 16.4. The van der Waals surface area contributed by atoms with Gasteiger partial charge < -0.3 is 15.0 Å². The zero-order chi connectivity index (χ0) is 21.6. The molecule has 1 N–H and O–H groups in total. The number of benzene rings is 1. The summed E-state index contributed by atoms with van der Waals surface area (Å²) in [6.07, 6.45) is 2.61. The largest absolute Gasteiger partial charge is 0.470 e. The molecule has 0 atom stereocenters. The second kappa shape index (κ2) is 10.1. The van der Waals surface area contributed by atoms with E-state index in [0.717, 1.165) is 25.4 Å². The van der Waals surface area contributed by atoms with Crippen molar-refractivity contribution in [2.75, 3.05) is 31.4 Å². The smallest absolute Gasteiger partial charge is 0.226 e. The Balaban J connectivity index is 1.15. The van der Waals surface area contributed by atoms with Crippen LogP contribution in [0.25, 0.3) is 0 Å². The number of rotatable bonds is 8. The van der Waals surface area contributed by atoms with Crippen LogP contribution in [0.5, 0.6) is 5.88 Å². The van der Waals surface area contributed by atoms with Crippen molar-refractivity contribution < 1.29 is 14.3 Å². The second-order valence-corrected chi connectivity index (χ2v) is 8.79. The first-order valence-corrected chi connectivity index (χ1v) is 11.6. The summed E-state index contributed by atoms with van der Waals surface area (Å²) in [6, 6.07) is 10.3. The highest BCUT2D eigenvalue weighted by Crippen LogP contribution is 2.20. The molecule has 8 nitrogen and oxygen atoms in total. The molecule has 2 aliphatic rings. The van der Waals surface area contributed by atoms with Crippen molar-refractivity contribution in [3.8, 4) is 5.88 Å². The average Bonchev–Trinajstić information content (AvgIpc) is 2.73. The van der Waals surface area contributed by atoms with Crippen molar-refractivity contribution in [2.24, 2.45) is 0 Å². The van der Waals surface area contributed by atoms with Gasteiger partial charge in [-0.2, -0.15) is 0 Å². The van der Waals surface area contributed by atoms with Gasteiger partial charge in [0, 0.05) is 32.0 Å². The first-order valence-electron chi connectivity index (χ1n) is 10.4. The molecule has 2 amide bonds. The van der Waals surface area contributed by atoms with Crippen LogP contribution < -0.4 is 10.1 Å². The monoisotopic (exact) mass is 441 g/mol. The van der Waals surface area contributed by atoms with Gasteiger partial charge in [-0.3, -0.25) is 14.5 Å². The molecule has 0 bridgehead atoms. The van der Waals surface area contributed by atoms with Crippen LogP contribution in [0.1, 0.15) is 23.7 Å². The summed E-state index contributed by atoms with van der Waals surface area (Å²) in [5.74, 6) is 1.86. The standard InChI is InChI=1S/C22H27N5O3S/c1-16(28)27-11-20(12-27)30-22-9-19(23-13-24-22)8-21(29)25-14-31-15-26-7-6-17-4-2-3-5-18(17)10-26/h2-5,9,13,20H,6-8,10-12,14-15H2,1H3,(H,25,29). The zero-order valence-electron chi connectivity index (χ0n) is 17.6. The van der Waals surface area contributed by atoms with Crippen molar-refractivity contribution in [1.29, 1.82) is 0 Å². The maximum Gasteiger partial charge on any atom is 0.226 e. The van der Waals surface area contributed by atoms with Gasteiger partial charge in [0.05, 0.1) is 31.1 Å². The van der Waals surface area contributed by atoms with Crippen LogP contribution in [0.2, 0.25) is 0 Å². The van der Waals surface area contributed by atoms with Gasteiger partial charge in [-0.25, -0.2) is 9.97 Å². The lowest BCUT2D eigenvalue weighted by Gasteiger charge is -2.37. The summed E-state index contributed by atoms with van der Waals surface area (Å²) >= 11 is 1.70. The lowest BCUT2D eigenvalue weighted by Crippen LogP contribution is -2.55. The predicted octanol–water partition coefficient (Wildman–Crippen LogP) is 1.45. The van der Waals surface area contributed by atoms with Gasteiger partial charge in [0.1, 0.15) is 12.4 Å². The van der Waals surface area contributed by atoms with Crippen molar-refractivity contribution in [3.05, 3.63) is 53.5 Å². The molecule has 31 heavy (non-hydrogen) atoms. The Labute approximate surface area is 186 Å². The van der Waals surface area contributed by atoms with Gasteiger partial charge in [0.2, 0.25) is 17.7 Å². The molecule has 0 radical (unpaired) electrons. The highest BCUT2D eigenvalue weighted by atomic mass is 32.2. The van der Waals surface area contributed by atoms with Crippen LogP contribution >= 0.6 is 11.8 Å². The summed E-state index contributed by atoms with van der Waals surface area (Å²) < 4.78 is 5.76. The van der Waals surface area contributed by atoms with Crippen LogP contribution in [0.3, 0.4) is 0 Å². The van der Waals surface area contributed by atoms with E-state index in [1.807, 2.05) is 0 Å². The third kappa shape index (κ3) is 5.95. The van der Waals surface area contributed by atoms with Gasteiger partial charge >= 0.3 is 0 Å². The number of carbonyl (C=O) groups excluding carboxylic acids is 2. The predicted molar refractivity (Wildman–Crippen MR) is 118 cm³/mol. The van der Waals surface area contributed by atoms with E-state index in [1.54, 1.807) is 29.7 Å². The number of likely N-dealkylation sites (tertiary alicyclic amines) is 1. The number of nitrogens with zero attached hydrogens (tertiary/aromatic N) is 4. The Hall–Kier alpha value is -2.65. The molecule has 2 aliphatic heterocycles. The summed E-state index contributed by atoms with van der Waals surface area (Å²) in [4.78, 5) is 35.9. The molecule has 2 aromatic rings. The molecule has 0 spiro atoms. The fraction of sp³-hybridized carbons (Fsp3) is 0.455. The van der Waals surface area contributed by atoms with E-state index < -0.39 is 0 Å². The minimum atomic E-state index is -0.0764. The van der Waals surface area contributed by atoms with Crippen molar-refractivity contribution in [3.63, 3.8) is 0 Å². The second-order valence-electron chi connectivity index (χ2n) is 7.84. The molecule has 1 fully saturated rings. The van der Waals surface area contributed by atoms with E-state index in [0.29, 0.717) is 30.5 Å². The summed E-state index contributed by atoms with van der Waals surface area (Å²) in [5.41, 5.74) is 3.46. The number of ether oxygens (including phenoxy) is 1. The van der Waals surface area contributed by atoms with Crippen LogP contribution in [0.15, 0.2) is 36.7 Å². The molecule has 9 heteroatoms. The first kappa shape index (κ1) is 21.6. The Morgan fingerprint density at radius 1 is 1.23 bits per heavy atom. The van der Waals surface area contributed by atoms with Crippen molar-refractivity contribution in [2.45, 2.75) is 32.4 Å². The van der Waals surface area contributed by atoms with Crippen molar-refractivity contribution in [1.82, 2.24) is 25.1 Å². The fourth-order valence-electron chi connectivity index (χ4n) is 3.68. The third-order valence-corrected chi connectivity index (χ3v) is 6.37.